The van der Waals surface area contributed by atoms with Crippen LogP contribution in [0.5, 0.6) is 0 Å². The molecule has 22 heavy (non-hydrogen) atoms. The van der Waals surface area contributed by atoms with Gasteiger partial charge in [0.2, 0.25) is 5.91 Å². The molecule has 9 N–H and O–H groups in total. The predicted octanol–water partition coefficient (Wildman–Crippen LogP) is -0.578. The molecule has 0 fully saturated rings. The minimum Gasteiger partial charge on any atom is -0.399 e. The average Bonchev–Trinajstić information content (AvgIpc) is 2.51. The van der Waals surface area contributed by atoms with Gasteiger partial charge in [-0.05, 0) is 37.1 Å². The molecule has 0 aliphatic rings. The van der Waals surface area contributed by atoms with Crippen LogP contribution in [0.3, 0.4) is 0 Å². The van der Waals surface area contributed by atoms with Crippen molar-refractivity contribution in [1.29, 1.82) is 0 Å². The second-order valence-corrected chi connectivity index (χ2v) is 5.21. The second-order valence-electron chi connectivity index (χ2n) is 5.21. The molecule has 0 saturated heterocycles. The number of hydrogen-bond donors (Lipinski definition) is 6. The molecule has 1 aromatic carbocycles. The van der Waals surface area contributed by atoms with Gasteiger partial charge in [0.1, 0.15) is 6.23 Å². The number of anilines is 1. The summed E-state index contributed by atoms with van der Waals surface area (Å²) in [6.07, 6.45) is 1.52. The fourth-order valence-electron chi connectivity index (χ4n) is 2.01. The lowest BCUT2D eigenvalue weighted by Gasteiger charge is -2.15. The molecule has 0 aliphatic carbocycles. The summed E-state index contributed by atoms with van der Waals surface area (Å²) in [7, 11) is 0. The maximum Gasteiger partial charge on any atom is 0.236 e. The Morgan fingerprint density at radius 1 is 1.27 bits per heavy atom. The van der Waals surface area contributed by atoms with Gasteiger partial charge in [-0.2, -0.15) is 0 Å². The van der Waals surface area contributed by atoms with Crippen molar-refractivity contribution in [3.63, 3.8) is 0 Å². The number of carbonyl (C=O) groups is 1. The molecular weight excluding hydrogens is 282 g/mol. The summed E-state index contributed by atoms with van der Waals surface area (Å²) in [6, 6.07) is 6.49. The highest BCUT2D eigenvalue weighted by atomic mass is 16.3. The van der Waals surface area contributed by atoms with Gasteiger partial charge in [-0.15, -0.1) is 0 Å². The zero-order valence-corrected chi connectivity index (χ0v) is 12.8. The molecule has 0 saturated carbocycles. The first kappa shape index (κ1) is 18.4. The Hall–Kier alpha value is -1.67. The van der Waals surface area contributed by atoms with E-state index in [1.165, 1.54) is 0 Å². The van der Waals surface area contributed by atoms with E-state index in [1.807, 2.05) is 0 Å². The van der Waals surface area contributed by atoms with Crippen LogP contribution < -0.4 is 27.8 Å². The zero-order valence-electron chi connectivity index (χ0n) is 12.8. The van der Waals surface area contributed by atoms with Gasteiger partial charge in [0.25, 0.3) is 0 Å². The molecule has 0 bridgehead atoms. The Morgan fingerprint density at radius 2 is 2.05 bits per heavy atom. The summed E-state index contributed by atoms with van der Waals surface area (Å²) in [5.74, 6) is -0.183. The van der Waals surface area contributed by atoms with Gasteiger partial charge in [0, 0.05) is 18.8 Å². The number of aliphatic hydroxyl groups is 1. The fourth-order valence-corrected chi connectivity index (χ4v) is 2.01. The Kier molecular flexibility index (Phi) is 8.46. The number of hydrogen-bond acceptors (Lipinski definition) is 6. The van der Waals surface area contributed by atoms with Crippen LogP contribution in [0, 0.1) is 0 Å². The molecule has 0 aliphatic heterocycles. The lowest BCUT2D eigenvalue weighted by Crippen LogP contribution is -2.43. The van der Waals surface area contributed by atoms with E-state index in [0.29, 0.717) is 37.3 Å². The molecule has 0 radical (unpaired) electrons. The van der Waals surface area contributed by atoms with E-state index < -0.39 is 12.3 Å². The molecule has 0 heterocycles. The topological polar surface area (TPSA) is 139 Å². The largest absolute Gasteiger partial charge is 0.399 e. The van der Waals surface area contributed by atoms with Gasteiger partial charge in [0.15, 0.2) is 0 Å². The third-order valence-corrected chi connectivity index (χ3v) is 3.29. The van der Waals surface area contributed by atoms with Crippen molar-refractivity contribution in [2.75, 3.05) is 25.4 Å². The molecule has 2 atom stereocenters. The Bertz CT molecular complexity index is 455. The monoisotopic (exact) mass is 309 g/mol. The van der Waals surface area contributed by atoms with Crippen LogP contribution in [0.1, 0.15) is 31.1 Å². The average molecular weight is 309 g/mol. The van der Waals surface area contributed by atoms with E-state index in [9.17, 15) is 9.90 Å². The predicted molar refractivity (Wildman–Crippen MR) is 87.7 cm³/mol. The number of nitrogens with one attached hydrogen (secondary N) is 2. The summed E-state index contributed by atoms with van der Waals surface area (Å²) >= 11 is 0. The minimum atomic E-state index is -0.821. The maximum absolute atomic E-state index is 11.7. The quantitative estimate of drug-likeness (QED) is 0.194. The molecule has 1 rings (SSSR count). The zero-order chi connectivity index (χ0) is 16.4. The van der Waals surface area contributed by atoms with E-state index in [0.717, 1.165) is 12.8 Å². The van der Waals surface area contributed by atoms with Crippen LogP contribution in [0.4, 0.5) is 5.69 Å². The first-order valence-electron chi connectivity index (χ1n) is 7.55. The van der Waals surface area contributed by atoms with Crippen molar-refractivity contribution in [2.24, 2.45) is 11.5 Å². The number of aliphatic hydroxyl groups excluding tert-OH is 1. The highest BCUT2D eigenvalue weighted by Gasteiger charge is 2.12. The molecule has 124 valence electrons. The number of nitrogens with two attached hydrogens (primary N) is 3. The van der Waals surface area contributed by atoms with Crippen LogP contribution in [0.15, 0.2) is 24.3 Å². The van der Waals surface area contributed by atoms with Crippen LogP contribution in [-0.2, 0) is 4.79 Å². The van der Waals surface area contributed by atoms with Gasteiger partial charge in [-0.25, -0.2) is 0 Å². The first-order chi connectivity index (χ1) is 10.5. The standard InChI is InChI=1S/C15H27N5O2/c16-7-2-1-6-13(18)15(22)20-9-8-19-14(21)11-4-3-5-12(17)10-11/h3-5,10,13-14,19,21H,1-2,6-9,16-18H2,(H,20,22). The van der Waals surface area contributed by atoms with Crippen LogP contribution in [0.25, 0.3) is 0 Å². The number of nitrogen functional groups attached to an aromatic ring is 1. The van der Waals surface area contributed by atoms with Crippen molar-refractivity contribution in [3.05, 3.63) is 29.8 Å². The Morgan fingerprint density at radius 3 is 2.73 bits per heavy atom. The molecule has 2 unspecified atom stereocenters. The van der Waals surface area contributed by atoms with E-state index >= 15 is 0 Å². The van der Waals surface area contributed by atoms with Gasteiger partial charge < -0.3 is 27.6 Å². The van der Waals surface area contributed by atoms with Gasteiger partial charge in [-0.1, -0.05) is 18.6 Å². The second kappa shape index (κ2) is 10.1. The van der Waals surface area contributed by atoms with E-state index in [1.54, 1.807) is 24.3 Å². The minimum absolute atomic E-state index is 0.183. The summed E-state index contributed by atoms with van der Waals surface area (Å²) in [5, 5.41) is 15.6. The number of carbonyl (C=O) groups excluding carboxylic acids is 1. The lowest BCUT2D eigenvalue weighted by molar-refractivity contribution is -0.122. The highest BCUT2D eigenvalue weighted by molar-refractivity contribution is 5.81. The van der Waals surface area contributed by atoms with Crippen LogP contribution >= 0.6 is 0 Å². The summed E-state index contributed by atoms with van der Waals surface area (Å²) in [4.78, 5) is 11.7. The molecule has 1 amide bonds. The van der Waals surface area contributed by atoms with Crippen molar-refractivity contribution >= 4 is 11.6 Å². The smallest absolute Gasteiger partial charge is 0.236 e. The molecule has 0 aromatic heterocycles. The SMILES string of the molecule is NCCCCC(N)C(=O)NCCNC(O)c1cccc(N)c1. The van der Waals surface area contributed by atoms with Crippen molar-refractivity contribution in [3.8, 4) is 0 Å². The first-order valence-corrected chi connectivity index (χ1v) is 7.55. The van der Waals surface area contributed by atoms with Gasteiger partial charge in [-0.3, -0.25) is 10.1 Å². The lowest BCUT2D eigenvalue weighted by atomic mass is 10.1. The number of amides is 1. The summed E-state index contributed by atoms with van der Waals surface area (Å²) in [6.45, 7) is 1.43. The summed E-state index contributed by atoms with van der Waals surface area (Å²) < 4.78 is 0. The molecular formula is C15H27N5O2. The van der Waals surface area contributed by atoms with E-state index in [-0.39, 0.29) is 5.91 Å². The molecule has 1 aromatic rings. The third kappa shape index (κ3) is 6.86. The van der Waals surface area contributed by atoms with Crippen LogP contribution in [-0.4, -0.2) is 36.7 Å². The van der Waals surface area contributed by atoms with Crippen LogP contribution in [0.2, 0.25) is 0 Å². The Balaban J connectivity index is 2.20. The maximum atomic E-state index is 11.7. The third-order valence-electron chi connectivity index (χ3n) is 3.29. The van der Waals surface area contributed by atoms with Crippen molar-refractivity contribution in [2.45, 2.75) is 31.5 Å². The van der Waals surface area contributed by atoms with E-state index in [4.69, 9.17) is 17.2 Å². The number of benzene rings is 1. The Labute approximate surface area is 131 Å². The number of unbranched alkanes of at least 4 members (excludes halogenated alkanes) is 1. The molecule has 7 nitrogen and oxygen atoms in total. The van der Waals surface area contributed by atoms with Gasteiger partial charge in [0.05, 0.1) is 6.04 Å². The van der Waals surface area contributed by atoms with Crippen molar-refractivity contribution < 1.29 is 9.90 Å². The molecule has 0 spiro atoms. The van der Waals surface area contributed by atoms with E-state index in [2.05, 4.69) is 10.6 Å². The fraction of sp³-hybridized carbons (Fsp3) is 0.533. The highest BCUT2D eigenvalue weighted by Crippen LogP contribution is 2.12. The summed E-state index contributed by atoms with van der Waals surface area (Å²) in [5.41, 5.74) is 18.1. The normalized spacial score (nSPS) is 13.6. The number of rotatable bonds is 10. The molecule has 7 heteroatoms. The van der Waals surface area contributed by atoms with Crippen molar-refractivity contribution in [1.82, 2.24) is 10.6 Å². The van der Waals surface area contributed by atoms with Gasteiger partial charge >= 0.3 is 0 Å².